The molecular formula is C14H18N4O3. The second-order valence-electron chi connectivity index (χ2n) is 4.52. The van der Waals surface area contributed by atoms with E-state index in [1.54, 1.807) is 6.92 Å². The van der Waals surface area contributed by atoms with E-state index in [1.165, 1.54) is 12.3 Å². The number of unbranched alkanes of at least 4 members (excludes halogenated alkanes) is 1. The lowest BCUT2D eigenvalue weighted by molar-refractivity contribution is 0.0527. The van der Waals surface area contributed by atoms with Crippen LogP contribution in [0.5, 0.6) is 0 Å². The van der Waals surface area contributed by atoms with Gasteiger partial charge in [0.15, 0.2) is 0 Å². The highest BCUT2D eigenvalue weighted by atomic mass is 16.5. The summed E-state index contributed by atoms with van der Waals surface area (Å²) in [6.45, 7) is 4.76. The van der Waals surface area contributed by atoms with Gasteiger partial charge in [0.05, 0.1) is 23.7 Å². The molecule has 2 rings (SSSR count). The standard InChI is InChI=1S/C14H18N4O3/c1-3-5-6-15-12-10(14(20)21-4-2)7-9-11(17-12)8-16-18-13(9)19/h7-8H,3-6H2,1-2H3,(H,15,17)(H,18,19). The molecule has 7 nitrogen and oxygen atoms in total. The number of esters is 1. The van der Waals surface area contributed by atoms with E-state index in [4.69, 9.17) is 4.74 Å². The summed E-state index contributed by atoms with van der Waals surface area (Å²) in [5, 5.41) is 9.47. The molecule has 0 amide bonds. The average Bonchev–Trinajstić information content (AvgIpc) is 2.47. The fourth-order valence-electron chi connectivity index (χ4n) is 1.90. The lowest BCUT2D eigenvalue weighted by Crippen LogP contribution is -2.15. The van der Waals surface area contributed by atoms with Crippen LogP contribution >= 0.6 is 0 Å². The summed E-state index contributed by atoms with van der Waals surface area (Å²) in [6, 6.07) is 1.50. The van der Waals surface area contributed by atoms with Gasteiger partial charge in [0.25, 0.3) is 5.56 Å². The Balaban J connectivity index is 2.49. The number of hydrogen-bond acceptors (Lipinski definition) is 6. The van der Waals surface area contributed by atoms with Gasteiger partial charge in [0.2, 0.25) is 0 Å². The predicted molar refractivity (Wildman–Crippen MR) is 79.5 cm³/mol. The molecule has 0 fully saturated rings. The van der Waals surface area contributed by atoms with Gasteiger partial charge in [0.1, 0.15) is 11.4 Å². The first-order valence-corrected chi connectivity index (χ1v) is 6.96. The summed E-state index contributed by atoms with van der Waals surface area (Å²) in [6.07, 6.45) is 3.43. The minimum absolute atomic E-state index is 0.261. The van der Waals surface area contributed by atoms with Crippen LogP contribution in [0.1, 0.15) is 37.0 Å². The third-order valence-corrected chi connectivity index (χ3v) is 2.97. The molecule has 0 aliphatic rings. The first-order valence-electron chi connectivity index (χ1n) is 6.96. The number of aromatic nitrogens is 3. The normalized spacial score (nSPS) is 10.6. The topological polar surface area (TPSA) is 97.0 Å². The van der Waals surface area contributed by atoms with Crippen LogP contribution in [0.3, 0.4) is 0 Å². The Morgan fingerprint density at radius 1 is 1.43 bits per heavy atom. The molecule has 21 heavy (non-hydrogen) atoms. The average molecular weight is 290 g/mol. The van der Waals surface area contributed by atoms with Crippen molar-refractivity contribution in [1.29, 1.82) is 0 Å². The quantitative estimate of drug-likeness (QED) is 0.621. The van der Waals surface area contributed by atoms with Gasteiger partial charge in [-0.2, -0.15) is 5.10 Å². The number of pyridine rings is 1. The smallest absolute Gasteiger partial charge is 0.341 e. The molecule has 0 spiro atoms. The summed E-state index contributed by atoms with van der Waals surface area (Å²) in [5.41, 5.74) is 0.314. The maximum Gasteiger partial charge on any atom is 0.341 e. The van der Waals surface area contributed by atoms with E-state index in [2.05, 4.69) is 27.4 Å². The number of nitrogens with one attached hydrogen (secondary N) is 2. The molecule has 0 aromatic carbocycles. The number of H-pyrrole nitrogens is 1. The van der Waals surface area contributed by atoms with Gasteiger partial charge in [-0.3, -0.25) is 4.79 Å². The second-order valence-corrected chi connectivity index (χ2v) is 4.52. The Morgan fingerprint density at radius 2 is 2.24 bits per heavy atom. The van der Waals surface area contributed by atoms with Crippen LogP contribution in [0.4, 0.5) is 5.82 Å². The Labute approximate surface area is 121 Å². The fourth-order valence-corrected chi connectivity index (χ4v) is 1.90. The van der Waals surface area contributed by atoms with Crippen molar-refractivity contribution in [3.05, 3.63) is 28.2 Å². The van der Waals surface area contributed by atoms with Gasteiger partial charge < -0.3 is 10.1 Å². The maximum absolute atomic E-state index is 12.0. The van der Waals surface area contributed by atoms with Gasteiger partial charge in [-0.05, 0) is 19.4 Å². The van der Waals surface area contributed by atoms with Gasteiger partial charge in [-0.1, -0.05) is 13.3 Å². The zero-order chi connectivity index (χ0) is 15.2. The summed E-state index contributed by atoms with van der Waals surface area (Å²) in [5.74, 6) is -0.0797. The minimum Gasteiger partial charge on any atom is -0.462 e. The van der Waals surface area contributed by atoms with Gasteiger partial charge in [0, 0.05) is 6.54 Å². The zero-order valence-electron chi connectivity index (χ0n) is 12.1. The van der Waals surface area contributed by atoms with Crippen LogP contribution in [-0.2, 0) is 4.74 Å². The van der Waals surface area contributed by atoms with Crippen molar-refractivity contribution in [2.75, 3.05) is 18.5 Å². The monoisotopic (exact) mass is 290 g/mol. The summed E-state index contributed by atoms with van der Waals surface area (Å²) >= 11 is 0. The molecule has 0 saturated carbocycles. The highest BCUT2D eigenvalue weighted by Gasteiger charge is 2.16. The van der Waals surface area contributed by atoms with Crippen LogP contribution in [0.2, 0.25) is 0 Å². The van der Waals surface area contributed by atoms with Crippen LogP contribution < -0.4 is 10.9 Å². The van der Waals surface area contributed by atoms with E-state index in [0.717, 1.165) is 12.8 Å². The van der Waals surface area contributed by atoms with Crippen molar-refractivity contribution >= 4 is 22.7 Å². The number of anilines is 1. The summed E-state index contributed by atoms with van der Waals surface area (Å²) < 4.78 is 5.02. The van der Waals surface area contributed by atoms with E-state index in [1.807, 2.05) is 0 Å². The lowest BCUT2D eigenvalue weighted by atomic mass is 10.2. The first-order chi connectivity index (χ1) is 10.2. The number of hydrogen-bond donors (Lipinski definition) is 2. The van der Waals surface area contributed by atoms with E-state index in [0.29, 0.717) is 23.3 Å². The minimum atomic E-state index is -0.498. The number of rotatable bonds is 6. The van der Waals surface area contributed by atoms with Crippen LogP contribution in [0.15, 0.2) is 17.1 Å². The Hall–Kier alpha value is -2.44. The van der Waals surface area contributed by atoms with Crippen molar-refractivity contribution in [3.63, 3.8) is 0 Å². The molecule has 0 radical (unpaired) electrons. The zero-order valence-corrected chi connectivity index (χ0v) is 12.1. The van der Waals surface area contributed by atoms with Crippen molar-refractivity contribution < 1.29 is 9.53 Å². The molecule has 2 heterocycles. The largest absolute Gasteiger partial charge is 0.462 e. The first kappa shape index (κ1) is 15.0. The van der Waals surface area contributed by atoms with Gasteiger partial charge in [-0.25, -0.2) is 14.9 Å². The third kappa shape index (κ3) is 3.36. The van der Waals surface area contributed by atoms with Crippen molar-refractivity contribution in [2.24, 2.45) is 0 Å². The predicted octanol–water partition coefficient (Wildman–Crippen LogP) is 1.71. The maximum atomic E-state index is 12.0. The molecule has 0 bridgehead atoms. The Morgan fingerprint density at radius 3 is 2.95 bits per heavy atom. The van der Waals surface area contributed by atoms with E-state index in [-0.39, 0.29) is 17.7 Å². The highest BCUT2D eigenvalue weighted by Crippen LogP contribution is 2.19. The number of aromatic amines is 1. The highest BCUT2D eigenvalue weighted by molar-refractivity contribution is 5.98. The molecule has 2 aromatic heterocycles. The molecule has 0 unspecified atom stereocenters. The molecule has 2 N–H and O–H groups in total. The van der Waals surface area contributed by atoms with E-state index in [9.17, 15) is 9.59 Å². The Bertz CT molecular complexity index is 696. The van der Waals surface area contributed by atoms with Crippen LogP contribution in [0, 0.1) is 0 Å². The molecule has 0 atom stereocenters. The van der Waals surface area contributed by atoms with Crippen LogP contribution in [0.25, 0.3) is 10.9 Å². The third-order valence-electron chi connectivity index (χ3n) is 2.97. The lowest BCUT2D eigenvalue weighted by Gasteiger charge is -2.11. The van der Waals surface area contributed by atoms with E-state index < -0.39 is 5.97 Å². The number of nitrogens with zero attached hydrogens (tertiary/aromatic N) is 2. The molecule has 0 aliphatic carbocycles. The Kier molecular flexibility index (Phi) is 4.86. The molecule has 7 heteroatoms. The van der Waals surface area contributed by atoms with Crippen molar-refractivity contribution in [1.82, 2.24) is 15.2 Å². The SMILES string of the molecule is CCCCNc1nc2cn[nH]c(=O)c2cc1C(=O)OCC. The fraction of sp³-hybridized carbons (Fsp3) is 0.429. The molecular weight excluding hydrogens is 272 g/mol. The van der Waals surface area contributed by atoms with Crippen LogP contribution in [-0.4, -0.2) is 34.3 Å². The number of fused-ring (bicyclic) bond motifs is 1. The molecule has 0 aliphatic heterocycles. The van der Waals surface area contributed by atoms with Crippen molar-refractivity contribution in [3.8, 4) is 0 Å². The number of ether oxygens (including phenoxy) is 1. The number of carbonyl (C=O) groups is 1. The second kappa shape index (κ2) is 6.83. The van der Waals surface area contributed by atoms with Gasteiger partial charge >= 0.3 is 5.97 Å². The van der Waals surface area contributed by atoms with E-state index >= 15 is 0 Å². The molecule has 2 aromatic rings. The van der Waals surface area contributed by atoms with Gasteiger partial charge in [-0.15, -0.1) is 0 Å². The molecule has 112 valence electrons. The van der Waals surface area contributed by atoms with Crippen molar-refractivity contribution in [2.45, 2.75) is 26.7 Å². The summed E-state index contributed by atoms with van der Waals surface area (Å²) in [7, 11) is 0. The number of carbonyl (C=O) groups excluding carboxylic acids is 1. The molecule has 0 saturated heterocycles. The summed E-state index contributed by atoms with van der Waals surface area (Å²) in [4.78, 5) is 28.1.